The second kappa shape index (κ2) is 4.63. The Bertz CT molecular complexity index is 381. The van der Waals surface area contributed by atoms with Crippen LogP contribution in [0.3, 0.4) is 0 Å². The molecule has 0 aliphatic heterocycles. The van der Waals surface area contributed by atoms with E-state index in [-0.39, 0.29) is 18.4 Å². The summed E-state index contributed by atoms with van der Waals surface area (Å²) in [6.45, 7) is 0. The third-order valence-corrected chi connectivity index (χ3v) is 1.80. The third kappa shape index (κ3) is 3.46. The number of carboxylic acid groups (broad SMARTS) is 1. The lowest BCUT2D eigenvalue weighted by molar-refractivity contribution is -0.149. The van der Waals surface area contributed by atoms with E-state index >= 15 is 0 Å². The first-order valence-electron chi connectivity index (χ1n) is 4.20. The summed E-state index contributed by atoms with van der Waals surface area (Å²) in [7, 11) is 0. The van der Waals surface area contributed by atoms with Crippen molar-refractivity contribution in [1.82, 2.24) is 0 Å². The van der Waals surface area contributed by atoms with Crippen LogP contribution < -0.4 is 0 Å². The highest BCUT2D eigenvalue weighted by atomic mass is 19.1. The maximum absolute atomic E-state index is 12.7. The Morgan fingerprint density at radius 3 is 2.13 bits per heavy atom. The molecule has 15 heavy (non-hydrogen) atoms. The molecule has 80 valence electrons. The lowest BCUT2D eigenvalue weighted by atomic mass is 10.1. The molecule has 0 spiro atoms. The van der Waals surface area contributed by atoms with Gasteiger partial charge in [-0.25, -0.2) is 13.6 Å². The van der Waals surface area contributed by atoms with E-state index in [9.17, 15) is 18.4 Å². The molecule has 1 aromatic carbocycles. The van der Waals surface area contributed by atoms with Gasteiger partial charge in [-0.05, 0) is 24.1 Å². The van der Waals surface area contributed by atoms with E-state index < -0.39 is 23.4 Å². The Balaban J connectivity index is 2.65. The van der Waals surface area contributed by atoms with Crippen molar-refractivity contribution in [2.75, 3.05) is 0 Å². The molecule has 1 N–H and O–H groups in total. The number of hydrogen-bond donors (Lipinski definition) is 1. The number of benzene rings is 1. The van der Waals surface area contributed by atoms with Gasteiger partial charge >= 0.3 is 5.97 Å². The predicted octanol–water partition coefficient (Wildman–Crippen LogP) is 1.55. The summed E-state index contributed by atoms with van der Waals surface area (Å²) in [5.74, 6) is -3.99. The zero-order chi connectivity index (χ0) is 11.4. The fourth-order valence-electron chi connectivity index (χ4n) is 1.12. The van der Waals surface area contributed by atoms with Crippen molar-refractivity contribution in [3.05, 3.63) is 35.4 Å². The SMILES string of the molecule is O=C(O)C(=O)CCc1cc(F)cc(F)c1. The topological polar surface area (TPSA) is 54.4 Å². The minimum absolute atomic E-state index is 0.0137. The number of hydrogen-bond acceptors (Lipinski definition) is 2. The van der Waals surface area contributed by atoms with Gasteiger partial charge in [-0.2, -0.15) is 0 Å². The van der Waals surface area contributed by atoms with Crippen molar-refractivity contribution in [3.63, 3.8) is 0 Å². The molecule has 0 saturated heterocycles. The van der Waals surface area contributed by atoms with E-state index in [0.29, 0.717) is 6.07 Å². The number of aliphatic carboxylic acids is 1. The molecule has 0 saturated carbocycles. The normalized spacial score (nSPS) is 10.0. The van der Waals surface area contributed by atoms with Crippen molar-refractivity contribution < 1.29 is 23.5 Å². The molecule has 1 aromatic rings. The molecule has 0 aromatic heterocycles. The van der Waals surface area contributed by atoms with Crippen LogP contribution >= 0.6 is 0 Å². The minimum Gasteiger partial charge on any atom is -0.476 e. The lowest BCUT2D eigenvalue weighted by Gasteiger charge is -1.99. The Hall–Kier alpha value is -1.78. The van der Waals surface area contributed by atoms with Gasteiger partial charge < -0.3 is 5.11 Å². The van der Waals surface area contributed by atoms with Crippen LogP contribution in [0, 0.1) is 11.6 Å². The van der Waals surface area contributed by atoms with Crippen LogP contribution in [0.1, 0.15) is 12.0 Å². The molecule has 0 radical (unpaired) electrons. The number of carbonyl (C=O) groups is 2. The van der Waals surface area contributed by atoms with Crippen LogP contribution in [0.15, 0.2) is 18.2 Å². The Morgan fingerprint density at radius 2 is 1.67 bits per heavy atom. The highest BCUT2D eigenvalue weighted by Crippen LogP contribution is 2.10. The van der Waals surface area contributed by atoms with E-state index in [4.69, 9.17) is 5.11 Å². The van der Waals surface area contributed by atoms with E-state index in [2.05, 4.69) is 0 Å². The van der Waals surface area contributed by atoms with Crippen molar-refractivity contribution in [3.8, 4) is 0 Å². The van der Waals surface area contributed by atoms with E-state index in [1.807, 2.05) is 0 Å². The number of aryl methyl sites for hydroxylation is 1. The Morgan fingerprint density at radius 1 is 1.13 bits per heavy atom. The zero-order valence-corrected chi connectivity index (χ0v) is 7.67. The number of carboxylic acids is 1. The van der Waals surface area contributed by atoms with E-state index in [1.54, 1.807) is 0 Å². The summed E-state index contributed by atoms with van der Waals surface area (Å²) >= 11 is 0. The quantitative estimate of drug-likeness (QED) is 0.773. The van der Waals surface area contributed by atoms with Crippen LogP contribution in [0.4, 0.5) is 8.78 Å². The number of halogens is 2. The van der Waals surface area contributed by atoms with Crippen molar-refractivity contribution in [1.29, 1.82) is 0 Å². The fourth-order valence-corrected chi connectivity index (χ4v) is 1.12. The van der Waals surface area contributed by atoms with Crippen LogP contribution in [0.5, 0.6) is 0 Å². The van der Waals surface area contributed by atoms with Crippen LogP contribution in [-0.2, 0) is 16.0 Å². The molecule has 3 nitrogen and oxygen atoms in total. The van der Waals surface area contributed by atoms with E-state index in [0.717, 1.165) is 12.1 Å². The summed E-state index contributed by atoms with van der Waals surface area (Å²) in [6.07, 6.45) is -0.252. The highest BCUT2D eigenvalue weighted by Gasteiger charge is 2.11. The van der Waals surface area contributed by atoms with Crippen molar-refractivity contribution >= 4 is 11.8 Å². The number of Topliss-reactive ketones (excluding diaryl/α,β-unsaturated/α-hetero) is 1. The average Bonchev–Trinajstić information content (AvgIpc) is 2.12. The number of rotatable bonds is 4. The summed E-state index contributed by atoms with van der Waals surface area (Å²) in [4.78, 5) is 20.9. The zero-order valence-electron chi connectivity index (χ0n) is 7.67. The Labute approximate surface area is 84.3 Å². The first kappa shape index (κ1) is 11.3. The predicted molar refractivity (Wildman–Crippen MR) is 47.3 cm³/mol. The maximum atomic E-state index is 12.7. The van der Waals surface area contributed by atoms with Gasteiger partial charge in [0.25, 0.3) is 0 Å². The molecule has 0 amide bonds. The first-order valence-corrected chi connectivity index (χ1v) is 4.20. The summed E-state index contributed by atoms with van der Waals surface area (Å²) < 4.78 is 25.3. The lowest BCUT2D eigenvalue weighted by Crippen LogP contribution is -2.13. The van der Waals surface area contributed by atoms with Gasteiger partial charge in [0.15, 0.2) is 0 Å². The van der Waals surface area contributed by atoms with Crippen molar-refractivity contribution in [2.24, 2.45) is 0 Å². The second-order valence-electron chi connectivity index (χ2n) is 3.01. The van der Waals surface area contributed by atoms with Crippen LogP contribution in [0.2, 0.25) is 0 Å². The molecule has 0 fully saturated rings. The maximum Gasteiger partial charge on any atom is 0.372 e. The molecule has 0 unspecified atom stereocenters. The molecular weight excluding hydrogens is 206 g/mol. The summed E-state index contributed by atoms with van der Waals surface area (Å²) in [5, 5.41) is 8.27. The molecule has 0 aliphatic rings. The van der Waals surface area contributed by atoms with Gasteiger partial charge in [-0.1, -0.05) is 0 Å². The molecule has 0 aliphatic carbocycles. The monoisotopic (exact) mass is 214 g/mol. The highest BCUT2D eigenvalue weighted by molar-refractivity contribution is 6.32. The van der Waals surface area contributed by atoms with Gasteiger partial charge in [0.05, 0.1) is 0 Å². The second-order valence-corrected chi connectivity index (χ2v) is 3.01. The van der Waals surface area contributed by atoms with Gasteiger partial charge in [-0.15, -0.1) is 0 Å². The molecular formula is C10H8F2O3. The van der Waals surface area contributed by atoms with E-state index in [1.165, 1.54) is 0 Å². The number of ketones is 1. The average molecular weight is 214 g/mol. The van der Waals surface area contributed by atoms with Gasteiger partial charge in [-0.3, -0.25) is 4.79 Å². The Kier molecular flexibility index (Phi) is 3.49. The standard InChI is InChI=1S/C10H8F2O3/c11-7-3-6(4-8(12)5-7)1-2-9(13)10(14)15/h3-5H,1-2H2,(H,14,15). The molecule has 1 rings (SSSR count). The van der Waals surface area contributed by atoms with Crippen LogP contribution in [0.25, 0.3) is 0 Å². The third-order valence-electron chi connectivity index (χ3n) is 1.80. The summed E-state index contributed by atoms with van der Waals surface area (Å²) in [5.41, 5.74) is 0.266. The fraction of sp³-hybridized carbons (Fsp3) is 0.200. The number of carbonyl (C=O) groups excluding carboxylic acids is 1. The van der Waals surface area contributed by atoms with Crippen molar-refractivity contribution in [2.45, 2.75) is 12.8 Å². The van der Waals surface area contributed by atoms with Gasteiger partial charge in [0, 0.05) is 12.5 Å². The van der Waals surface area contributed by atoms with Crippen LogP contribution in [-0.4, -0.2) is 16.9 Å². The molecule has 0 atom stereocenters. The molecule has 5 heteroatoms. The smallest absolute Gasteiger partial charge is 0.372 e. The largest absolute Gasteiger partial charge is 0.476 e. The first-order chi connectivity index (χ1) is 6.99. The molecule has 0 bridgehead atoms. The summed E-state index contributed by atoms with van der Waals surface area (Å²) in [6, 6.07) is 2.85. The minimum atomic E-state index is -1.54. The van der Waals surface area contributed by atoms with Gasteiger partial charge in [0.1, 0.15) is 11.6 Å². The molecule has 0 heterocycles. The van der Waals surface area contributed by atoms with Gasteiger partial charge in [0.2, 0.25) is 5.78 Å².